The van der Waals surface area contributed by atoms with Gasteiger partial charge >= 0.3 is 0 Å². The van der Waals surface area contributed by atoms with Crippen LogP contribution in [0.15, 0.2) is 23.2 Å². The van der Waals surface area contributed by atoms with E-state index in [1.54, 1.807) is 6.07 Å². The van der Waals surface area contributed by atoms with E-state index < -0.39 is 15.6 Å². The summed E-state index contributed by atoms with van der Waals surface area (Å²) in [4.78, 5) is 3.55. The lowest BCUT2D eigenvalue weighted by Gasteiger charge is -2.14. The van der Waals surface area contributed by atoms with Gasteiger partial charge in [0.05, 0.1) is 12.1 Å². The summed E-state index contributed by atoms with van der Waals surface area (Å²) < 4.78 is 26.4. The fourth-order valence-corrected chi connectivity index (χ4v) is 3.03. The van der Waals surface area contributed by atoms with Gasteiger partial charge in [-0.05, 0) is 25.0 Å². The number of hydrogen-bond donors (Lipinski definition) is 2. The highest BCUT2D eigenvalue weighted by molar-refractivity contribution is 7.89. The van der Waals surface area contributed by atoms with Crippen molar-refractivity contribution in [3.8, 4) is 6.07 Å². The smallest absolute Gasteiger partial charge is 0.244 e. The lowest BCUT2D eigenvalue weighted by atomic mass is 10.3. The number of pyridine rings is 1. The Kier molecular flexibility index (Phi) is 2.87. The number of sulfonamides is 1. The Morgan fingerprint density at radius 3 is 2.82 bits per heavy atom. The van der Waals surface area contributed by atoms with E-state index in [9.17, 15) is 8.42 Å². The van der Waals surface area contributed by atoms with Gasteiger partial charge in [0.15, 0.2) is 5.69 Å². The van der Waals surface area contributed by atoms with Crippen LogP contribution in [0.2, 0.25) is 0 Å². The maximum absolute atomic E-state index is 12.0. The minimum Gasteiger partial charge on any atom is -0.394 e. The Balaban J connectivity index is 2.36. The summed E-state index contributed by atoms with van der Waals surface area (Å²) in [6, 6.07) is 4.51. The van der Waals surface area contributed by atoms with Gasteiger partial charge in [-0.2, -0.15) is 5.26 Å². The quantitative estimate of drug-likeness (QED) is 0.770. The third-order valence-electron chi connectivity index (χ3n) is 2.67. The molecule has 6 nitrogen and oxygen atoms in total. The van der Waals surface area contributed by atoms with E-state index in [1.165, 1.54) is 18.3 Å². The van der Waals surface area contributed by atoms with E-state index >= 15 is 0 Å². The molecule has 0 unspecified atom stereocenters. The number of nitrogens with zero attached hydrogens (tertiary/aromatic N) is 2. The second-order valence-electron chi connectivity index (χ2n) is 4.01. The minimum atomic E-state index is -3.81. The summed E-state index contributed by atoms with van der Waals surface area (Å²) in [5.41, 5.74) is -0.893. The molecular formula is C10H11N3O3S. The van der Waals surface area contributed by atoms with Crippen molar-refractivity contribution in [1.29, 1.82) is 5.26 Å². The first-order valence-electron chi connectivity index (χ1n) is 5.03. The maximum Gasteiger partial charge on any atom is 0.244 e. The van der Waals surface area contributed by atoms with Gasteiger partial charge in [0.25, 0.3) is 0 Å². The third-order valence-corrected chi connectivity index (χ3v) is 4.28. The van der Waals surface area contributed by atoms with Crippen molar-refractivity contribution in [2.45, 2.75) is 23.3 Å². The number of aromatic nitrogens is 1. The fourth-order valence-electron chi connectivity index (χ4n) is 1.47. The lowest BCUT2D eigenvalue weighted by molar-refractivity contribution is 0.246. The molecule has 1 heterocycles. The van der Waals surface area contributed by atoms with E-state index in [-0.39, 0.29) is 17.2 Å². The molecule has 2 rings (SSSR count). The molecule has 2 N–H and O–H groups in total. The molecule has 7 heteroatoms. The zero-order chi connectivity index (χ0) is 12.5. The molecule has 0 bridgehead atoms. The second-order valence-corrected chi connectivity index (χ2v) is 5.66. The molecule has 1 aromatic heterocycles. The van der Waals surface area contributed by atoms with Crippen LogP contribution < -0.4 is 4.72 Å². The maximum atomic E-state index is 12.0. The first-order chi connectivity index (χ1) is 8.03. The average Bonchev–Trinajstić information content (AvgIpc) is 3.09. The molecule has 0 aromatic carbocycles. The number of rotatable bonds is 4. The predicted molar refractivity (Wildman–Crippen MR) is 58.3 cm³/mol. The highest BCUT2D eigenvalue weighted by Gasteiger charge is 2.46. The molecule has 0 amide bonds. The lowest BCUT2D eigenvalue weighted by Crippen LogP contribution is -2.39. The average molecular weight is 253 g/mol. The van der Waals surface area contributed by atoms with Crippen molar-refractivity contribution in [1.82, 2.24) is 9.71 Å². The van der Waals surface area contributed by atoms with Crippen molar-refractivity contribution < 1.29 is 13.5 Å². The van der Waals surface area contributed by atoms with Gasteiger partial charge in [0, 0.05) is 6.20 Å². The van der Waals surface area contributed by atoms with Crippen LogP contribution in [0.5, 0.6) is 0 Å². The Morgan fingerprint density at radius 2 is 2.29 bits per heavy atom. The molecule has 0 radical (unpaired) electrons. The van der Waals surface area contributed by atoms with Gasteiger partial charge in [-0.15, -0.1) is 0 Å². The molecule has 0 saturated heterocycles. The molecule has 0 aliphatic heterocycles. The molecule has 17 heavy (non-hydrogen) atoms. The molecule has 0 atom stereocenters. The Labute approximate surface area is 99.0 Å². The van der Waals surface area contributed by atoms with Crippen LogP contribution in [0, 0.1) is 11.3 Å². The largest absolute Gasteiger partial charge is 0.394 e. The van der Waals surface area contributed by atoms with Gasteiger partial charge in [-0.1, -0.05) is 0 Å². The standard InChI is InChI=1S/C10H11N3O3S/c11-6-8-9(2-1-5-12-8)17(15,16)13-10(7-14)3-4-10/h1-2,5,13-14H,3-4,7H2. The van der Waals surface area contributed by atoms with Crippen molar-refractivity contribution in [2.75, 3.05) is 6.61 Å². The van der Waals surface area contributed by atoms with Crippen LogP contribution in [0.4, 0.5) is 0 Å². The van der Waals surface area contributed by atoms with Gasteiger partial charge in [0.2, 0.25) is 10.0 Å². The summed E-state index contributed by atoms with van der Waals surface area (Å²) in [5, 5.41) is 17.9. The molecule has 90 valence electrons. The molecular weight excluding hydrogens is 242 g/mol. The van der Waals surface area contributed by atoms with Crippen LogP contribution in [-0.2, 0) is 10.0 Å². The van der Waals surface area contributed by atoms with Gasteiger partial charge < -0.3 is 5.11 Å². The summed E-state index contributed by atoms with van der Waals surface area (Å²) >= 11 is 0. The Hall–Kier alpha value is -1.49. The summed E-state index contributed by atoms with van der Waals surface area (Å²) in [6.07, 6.45) is 2.56. The van der Waals surface area contributed by atoms with E-state index in [0.717, 1.165) is 0 Å². The van der Waals surface area contributed by atoms with Crippen molar-refractivity contribution in [3.63, 3.8) is 0 Å². The number of nitriles is 1. The number of hydrogen-bond acceptors (Lipinski definition) is 5. The van der Waals surface area contributed by atoms with Crippen LogP contribution >= 0.6 is 0 Å². The molecule has 1 aromatic rings. The molecule has 1 fully saturated rings. The Morgan fingerprint density at radius 1 is 1.59 bits per heavy atom. The molecule has 1 aliphatic rings. The Bertz CT molecular complexity index is 573. The van der Waals surface area contributed by atoms with Crippen molar-refractivity contribution >= 4 is 10.0 Å². The third kappa shape index (κ3) is 2.29. The second kappa shape index (κ2) is 4.07. The molecule has 1 aliphatic carbocycles. The minimum absolute atomic E-state index is 0.145. The van der Waals surface area contributed by atoms with Gasteiger partial charge in [-0.25, -0.2) is 18.1 Å². The van der Waals surface area contributed by atoms with E-state index in [1.807, 2.05) is 0 Å². The zero-order valence-corrected chi connectivity index (χ0v) is 9.74. The van der Waals surface area contributed by atoms with Crippen LogP contribution in [-0.4, -0.2) is 30.7 Å². The monoisotopic (exact) mass is 253 g/mol. The van der Waals surface area contributed by atoms with Gasteiger partial charge in [-0.3, -0.25) is 0 Å². The zero-order valence-electron chi connectivity index (χ0n) is 8.92. The highest BCUT2D eigenvalue weighted by atomic mass is 32.2. The van der Waals surface area contributed by atoms with Crippen LogP contribution in [0.1, 0.15) is 18.5 Å². The number of aliphatic hydroxyl groups excluding tert-OH is 1. The first kappa shape index (κ1) is 12.0. The van der Waals surface area contributed by atoms with Crippen LogP contribution in [0.25, 0.3) is 0 Å². The van der Waals surface area contributed by atoms with Gasteiger partial charge in [0.1, 0.15) is 11.0 Å². The number of aliphatic hydroxyl groups is 1. The predicted octanol–water partition coefficient (Wildman–Crippen LogP) is -0.244. The van der Waals surface area contributed by atoms with E-state index in [4.69, 9.17) is 10.4 Å². The molecule has 0 spiro atoms. The SMILES string of the molecule is N#Cc1ncccc1S(=O)(=O)NC1(CO)CC1. The van der Waals surface area contributed by atoms with Crippen LogP contribution in [0.3, 0.4) is 0 Å². The summed E-state index contributed by atoms with van der Waals surface area (Å²) in [7, 11) is -3.81. The first-order valence-corrected chi connectivity index (χ1v) is 6.51. The van der Waals surface area contributed by atoms with Crippen molar-refractivity contribution in [3.05, 3.63) is 24.0 Å². The summed E-state index contributed by atoms with van der Waals surface area (Å²) in [6.45, 7) is -0.242. The summed E-state index contributed by atoms with van der Waals surface area (Å²) in [5.74, 6) is 0. The normalized spacial score (nSPS) is 17.4. The highest BCUT2D eigenvalue weighted by Crippen LogP contribution is 2.36. The van der Waals surface area contributed by atoms with Crippen molar-refractivity contribution in [2.24, 2.45) is 0 Å². The molecule has 1 saturated carbocycles. The topological polar surface area (TPSA) is 103 Å². The fraction of sp³-hybridized carbons (Fsp3) is 0.400. The number of nitrogens with one attached hydrogen (secondary N) is 1. The van der Waals surface area contributed by atoms with E-state index in [2.05, 4.69) is 9.71 Å². The van der Waals surface area contributed by atoms with E-state index in [0.29, 0.717) is 12.8 Å².